The van der Waals surface area contributed by atoms with Crippen molar-refractivity contribution in [3.8, 4) is 0 Å². The molecule has 0 amide bonds. The van der Waals surface area contributed by atoms with Crippen LogP contribution >= 0.6 is 0 Å². The first-order chi connectivity index (χ1) is 7.23. The Hall–Kier alpha value is -0.830. The highest BCUT2D eigenvalue weighted by Crippen LogP contribution is 2.54. The predicted molar refractivity (Wildman–Crippen MR) is 56.1 cm³/mol. The third-order valence-electron chi connectivity index (χ3n) is 3.87. The van der Waals surface area contributed by atoms with E-state index in [1.807, 2.05) is 0 Å². The monoisotopic (exact) mass is 210 g/mol. The Balaban J connectivity index is 2.09. The molecular weight excluding hydrogens is 192 g/mol. The van der Waals surface area contributed by atoms with Crippen LogP contribution < -0.4 is 0 Å². The zero-order chi connectivity index (χ0) is 10.9. The molecule has 2 aliphatic carbocycles. The fourth-order valence-corrected chi connectivity index (χ4v) is 3.02. The quantitative estimate of drug-likeness (QED) is 0.565. The summed E-state index contributed by atoms with van der Waals surface area (Å²) in [6.45, 7) is 2.09. The van der Waals surface area contributed by atoms with Crippen LogP contribution in [0.5, 0.6) is 0 Å². The molecular formula is C12H18O3. The number of hydrogen-bond acceptors (Lipinski definition) is 3. The largest absolute Gasteiger partial charge is 0.463 e. The molecule has 0 saturated heterocycles. The van der Waals surface area contributed by atoms with E-state index in [1.165, 1.54) is 0 Å². The molecule has 2 aliphatic rings. The van der Waals surface area contributed by atoms with Gasteiger partial charge < -0.3 is 9.84 Å². The van der Waals surface area contributed by atoms with E-state index in [4.69, 9.17) is 9.84 Å². The minimum Gasteiger partial charge on any atom is -0.463 e. The lowest BCUT2D eigenvalue weighted by Crippen LogP contribution is -2.36. The van der Waals surface area contributed by atoms with Crippen LogP contribution in [0.3, 0.4) is 0 Å². The fraction of sp³-hybridized carbons (Fsp3) is 0.750. The van der Waals surface area contributed by atoms with Gasteiger partial charge in [-0.2, -0.15) is 0 Å². The first-order valence-electron chi connectivity index (χ1n) is 5.69. The molecule has 3 atom stereocenters. The second kappa shape index (κ2) is 3.97. The molecule has 1 fully saturated rings. The van der Waals surface area contributed by atoms with E-state index in [1.54, 1.807) is 0 Å². The molecule has 0 aromatic heterocycles. The van der Waals surface area contributed by atoms with Crippen molar-refractivity contribution in [2.24, 2.45) is 17.3 Å². The molecule has 0 aliphatic heterocycles. The van der Waals surface area contributed by atoms with Crippen molar-refractivity contribution in [2.45, 2.75) is 26.2 Å². The highest BCUT2D eigenvalue weighted by atomic mass is 16.5. The Kier molecular flexibility index (Phi) is 2.83. The van der Waals surface area contributed by atoms with Gasteiger partial charge in [0.15, 0.2) is 0 Å². The molecule has 0 spiro atoms. The normalized spacial score (nSPS) is 37.2. The maximum Gasteiger partial charge on any atom is 0.312 e. The van der Waals surface area contributed by atoms with Crippen molar-refractivity contribution < 1.29 is 14.6 Å². The lowest BCUT2D eigenvalue weighted by molar-refractivity contribution is -0.159. The average Bonchev–Trinajstić information content (AvgIpc) is 2.85. The average molecular weight is 210 g/mol. The summed E-state index contributed by atoms with van der Waals surface area (Å²) >= 11 is 0. The third kappa shape index (κ3) is 1.59. The van der Waals surface area contributed by atoms with Gasteiger partial charge >= 0.3 is 5.97 Å². The Bertz CT molecular complexity index is 285. The molecule has 0 radical (unpaired) electrons. The van der Waals surface area contributed by atoms with Crippen LogP contribution in [-0.4, -0.2) is 24.3 Å². The van der Waals surface area contributed by atoms with Crippen LogP contribution in [0.4, 0.5) is 0 Å². The number of aliphatic hydroxyl groups is 1. The lowest BCUT2D eigenvalue weighted by atomic mass is 9.74. The standard InChI is InChI=1S/C12H18O3/c1-2-12(11(14)15-6-5-13)8-9-3-4-10(12)7-9/h3-4,9-10,13H,2,5-8H2,1H3. The number of rotatable bonds is 4. The molecule has 0 aromatic carbocycles. The van der Waals surface area contributed by atoms with Gasteiger partial charge in [0.25, 0.3) is 0 Å². The topological polar surface area (TPSA) is 46.5 Å². The maximum absolute atomic E-state index is 12.0. The molecule has 84 valence electrons. The number of aliphatic hydroxyl groups excluding tert-OH is 1. The first-order valence-corrected chi connectivity index (χ1v) is 5.69. The molecule has 0 aromatic rings. The number of hydrogen-bond donors (Lipinski definition) is 1. The molecule has 3 unspecified atom stereocenters. The summed E-state index contributed by atoms with van der Waals surface area (Å²) in [7, 11) is 0. The second-order valence-corrected chi connectivity index (χ2v) is 4.56. The van der Waals surface area contributed by atoms with E-state index in [-0.39, 0.29) is 24.6 Å². The van der Waals surface area contributed by atoms with E-state index in [9.17, 15) is 4.79 Å². The van der Waals surface area contributed by atoms with E-state index in [2.05, 4.69) is 19.1 Å². The second-order valence-electron chi connectivity index (χ2n) is 4.56. The number of fused-ring (bicyclic) bond motifs is 2. The SMILES string of the molecule is CCC1(C(=O)OCCO)CC2C=CC1C2. The highest BCUT2D eigenvalue weighted by Gasteiger charge is 2.53. The summed E-state index contributed by atoms with van der Waals surface area (Å²) in [4.78, 5) is 12.0. The van der Waals surface area contributed by atoms with Gasteiger partial charge in [0.05, 0.1) is 12.0 Å². The van der Waals surface area contributed by atoms with Gasteiger partial charge in [-0.05, 0) is 31.1 Å². The van der Waals surface area contributed by atoms with Gasteiger partial charge in [-0.15, -0.1) is 0 Å². The van der Waals surface area contributed by atoms with Crippen molar-refractivity contribution in [2.75, 3.05) is 13.2 Å². The minimum atomic E-state index is -0.297. The Labute approximate surface area is 90.1 Å². The van der Waals surface area contributed by atoms with Crippen molar-refractivity contribution in [3.05, 3.63) is 12.2 Å². The van der Waals surface area contributed by atoms with Crippen molar-refractivity contribution in [1.29, 1.82) is 0 Å². The maximum atomic E-state index is 12.0. The summed E-state index contributed by atoms with van der Waals surface area (Å²) in [6.07, 6.45) is 7.25. The van der Waals surface area contributed by atoms with Gasteiger partial charge in [-0.3, -0.25) is 4.79 Å². The summed E-state index contributed by atoms with van der Waals surface area (Å²) in [5.74, 6) is 0.811. The summed E-state index contributed by atoms with van der Waals surface area (Å²) in [5, 5.41) is 8.66. The van der Waals surface area contributed by atoms with E-state index >= 15 is 0 Å². The van der Waals surface area contributed by atoms with Crippen LogP contribution in [-0.2, 0) is 9.53 Å². The molecule has 3 nitrogen and oxygen atoms in total. The number of ether oxygens (including phenoxy) is 1. The van der Waals surface area contributed by atoms with E-state index in [0.29, 0.717) is 11.8 Å². The van der Waals surface area contributed by atoms with Crippen LogP contribution in [0.1, 0.15) is 26.2 Å². The Morgan fingerprint density at radius 3 is 2.87 bits per heavy atom. The zero-order valence-corrected chi connectivity index (χ0v) is 9.11. The highest BCUT2D eigenvalue weighted by molar-refractivity contribution is 5.78. The Morgan fingerprint density at radius 1 is 1.60 bits per heavy atom. The van der Waals surface area contributed by atoms with Crippen LogP contribution in [0.25, 0.3) is 0 Å². The predicted octanol–water partition coefficient (Wildman–Crippen LogP) is 1.51. The van der Waals surface area contributed by atoms with Crippen molar-refractivity contribution >= 4 is 5.97 Å². The summed E-state index contributed by atoms with van der Waals surface area (Å²) in [6, 6.07) is 0. The van der Waals surface area contributed by atoms with Gasteiger partial charge in [0.2, 0.25) is 0 Å². The molecule has 2 rings (SSSR count). The molecule has 15 heavy (non-hydrogen) atoms. The number of allylic oxidation sites excluding steroid dienone is 2. The van der Waals surface area contributed by atoms with Crippen LogP contribution in [0, 0.1) is 17.3 Å². The van der Waals surface area contributed by atoms with Gasteiger partial charge in [0, 0.05) is 0 Å². The summed E-state index contributed by atoms with van der Waals surface area (Å²) < 4.78 is 5.10. The number of esters is 1. The molecule has 3 heteroatoms. The molecule has 0 heterocycles. The van der Waals surface area contributed by atoms with E-state index in [0.717, 1.165) is 19.3 Å². The number of carbonyl (C=O) groups excluding carboxylic acids is 1. The lowest BCUT2D eigenvalue weighted by Gasteiger charge is -2.31. The van der Waals surface area contributed by atoms with Gasteiger partial charge in [-0.25, -0.2) is 0 Å². The van der Waals surface area contributed by atoms with E-state index < -0.39 is 0 Å². The van der Waals surface area contributed by atoms with Crippen molar-refractivity contribution in [3.63, 3.8) is 0 Å². The third-order valence-corrected chi connectivity index (χ3v) is 3.87. The molecule has 1 N–H and O–H groups in total. The number of carbonyl (C=O) groups is 1. The van der Waals surface area contributed by atoms with Gasteiger partial charge in [0.1, 0.15) is 6.61 Å². The van der Waals surface area contributed by atoms with Gasteiger partial charge in [-0.1, -0.05) is 19.1 Å². The Morgan fingerprint density at radius 2 is 2.40 bits per heavy atom. The summed E-state index contributed by atoms with van der Waals surface area (Å²) in [5.41, 5.74) is -0.297. The van der Waals surface area contributed by atoms with Crippen LogP contribution in [0.2, 0.25) is 0 Å². The molecule has 2 bridgehead atoms. The first kappa shape index (κ1) is 10.7. The van der Waals surface area contributed by atoms with Crippen LogP contribution in [0.15, 0.2) is 12.2 Å². The minimum absolute atomic E-state index is 0.0878. The fourth-order valence-electron chi connectivity index (χ4n) is 3.02. The zero-order valence-electron chi connectivity index (χ0n) is 9.11. The smallest absolute Gasteiger partial charge is 0.312 e. The molecule has 1 saturated carbocycles. The van der Waals surface area contributed by atoms with Crippen molar-refractivity contribution in [1.82, 2.24) is 0 Å².